The molecule has 2 heterocycles. The zero-order valence-corrected chi connectivity index (χ0v) is 12.7. The third-order valence-electron chi connectivity index (χ3n) is 3.43. The van der Waals surface area contributed by atoms with Crippen LogP contribution in [-0.2, 0) is 0 Å². The van der Waals surface area contributed by atoms with Gasteiger partial charge in [-0.25, -0.2) is 9.97 Å². The van der Waals surface area contributed by atoms with Gasteiger partial charge in [-0.05, 0) is 33.0 Å². The zero-order chi connectivity index (χ0) is 14.1. The fourth-order valence-corrected chi connectivity index (χ4v) is 3.25. The Kier molecular flexibility index (Phi) is 3.51. The predicted octanol–water partition coefficient (Wildman–Crippen LogP) is 3.95. The molecule has 1 N–H and O–H groups in total. The van der Waals surface area contributed by atoms with Crippen molar-refractivity contribution in [1.82, 2.24) is 15.3 Å². The number of fused-ring (bicyclic) bond motifs is 1. The maximum atomic E-state index is 4.75. The van der Waals surface area contributed by atoms with E-state index in [9.17, 15) is 0 Å². The predicted molar refractivity (Wildman–Crippen MR) is 85.1 cm³/mol. The second kappa shape index (κ2) is 5.31. The average molecular weight is 283 g/mol. The first-order chi connectivity index (χ1) is 9.69. The van der Waals surface area contributed by atoms with Crippen LogP contribution in [0.3, 0.4) is 0 Å². The number of aryl methyl sites for hydroxylation is 1. The summed E-state index contributed by atoms with van der Waals surface area (Å²) in [5.74, 6) is 0. The molecule has 0 fully saturated rings. The van der Waals surface area contributed by atoms with Crippen molar-refractivity contribution in [1.29, 1.82) is 0 Å². The average Bonchev–Trinajstić information content (AvgIpc) is 2.88. The summed E-state index contributed by atoms with van der Waals surface area (Å²) in [5.41, 5.74) is 2.96. The quantitative estimate of drug-likeness (QED) is 0.791. The lowest BCUT2D eigenvalue weighted by atomic mass is 10.1. The molecule has 1 atom stereocenters. The molecule has 0 aliphatic heterocycles. The van der Waals surface area contributed by atoms with Crippen LogP contribution >= 0.6 is 11.3 Å². The van der Waals surface area contributed by atoms with E-state index in [4.69, 9.17) is 4.98 Å². The van der Waals surface area contributed by atoms with Gasteiger partial charge in [0.05, 0.1) is 21.1 Å². The molecule has 20 heavy (non-hydrogen) atoms. The second-order valence-corrected chi connectivity index (χ2v) is 6.08. The molecule has 1 unspecified atom stereocenters. The Balaban J connectivity index is 2.15. The van der Waals surface area contributed by atoms with Gasteiger partial charge in [0, 0.05) is 11.4 Å². The highest BCUT2D eigenvalue weighted by Gasteiger charge is 2.17. The van der Waals surface area contributed by atoms with E-state index in [-0.39, 0.29) is 6.04 Å². The highest BCUT2D eigenvalue weighted by atomic mass is 32.1. The van der Waals surface area contributed by atoms with Crippen molar-refractivity contribution in [2.45, 2.75) is 19.9 Å². The van der Waals surface area contributed by atoms with Crippen LogP contribution in [0.4, 0.5) is 0 Å². The summed E-state index contributed by atoms with van der Waals surface area (Å²) in [5, 5.41) is 5.52. The van der Waals surface area contributed by atoms with Crippen molar-refractivity contribution in [2.24, 2.45) is 0 Å². The maximum Gasteiger partial charge on any atom is 0.105 e. The number of hydrogen-bond donors (Lipinski definition) is 1. The van der Waals surface area contributed by atoms with Crippen LogP contribution in [0, 0.1) is 6.92 Å². The largest absolute Gasteiger partial charge is 0.312 e. The number of benzene rings is 1. The third-order valence-corrected chi connectivity index (χ3v) is 4.58. The van der Waals surface area contributed by atoms with E-state index >= 15 is 0 Å². The van der Waals surface area contributed by atoms with Crippen molar-refractivity contribution in [3.8, 4) is 11.4 Å². The van der Waals surface area contributed by atoms with Gasteiger partial charge >= 0.3 is 0 Å². The molecule has 0 spiro atoms. The Morgan fingerprint density at radius 2 is 1.90 bits per heavy atom. The van der Waals surface area contributed by atoms with E-state index in [0.29, 0.717) is 0 Å². The molecular weight excluding hydrogens is 266 g/mol. The topological polar surface area (TPSA) is 37.8 Å². The molecule has 102 valence electrons. The number of pyridine rings is 1. The minimum Gasteiger partial charge on any atom is -0.312 e. The highest BCUT2D eigenvalue weighted by molar-refractivity contribution is 7.12. The number of nitrogens with one attached hydrogen (secondary N) is 1. The molecule has 0 amide bonds. The first kappa shape index (κ1) is 13.2. The molecule has 4 heteroatoms. The Morgan fingerprint density at radius 3 is 2.70 bits per heavy atom. The third kappa shape index (κ3) is 2.32. The lowest BCUT2D eigenvalue weighted by Crippen LogP contribution is -2.11. The minimum absolute atomic E-state index is 0.282. The number of aromatic nitrogens is 2. The Bertz CT molecular complexity index is 748. The van der Waals surface area contributed by atoms with Gasteiger partial charge in [0.25, 0.3) is 0 Å². The molecular formula is C16H17N3S. The van der Waals surface area contributed by atoms with Crippen molar-refractivity contribution in [3.63, 3.8) is 0 Å². The Morgan fingerprint density at radius 1 is 1.10 bits per heavy atom. The molecule has 0 aliphatic carbocycles. The van der Waals surface area contributed by atoms with Crippen molar-refractivity contribution < 1.29 is 0 Å². The van der Waals surface area contributed by atoms with Gasteiger partial charge in [-0.2, -0.15) is 0 Å². The number of para-hydroxylation sites is 1. The first-order valence-electron chi connectivity index (χ1n) is 6.70. The second-order valence-electron chi connectivity index (χ2n) is 4.85. The first-order valence-corrected chi connectivity index (χ1v) is 7.51. The monoisotopic (exact) mass is 283 g/mol. The summed E-state index contributed by atoms with van der Waals surface area (Å²) >= 11 is 1.73. The van der Waals surface area contributed by atoms with E-state index in [1.807, 2.05) is 32.2 Å². The SMILES string of the molecule is CNC(C)c1sc(C)nc1-c1ccc2ccccc2n1. The molecule has 0 radical (unpaired) electrons. The number of rotatable bonds is 3. The summed E-state index contributed by atoms with van der Waals surface area (Å²) < 4.78 is 0. The number of nitrogens with zero attached hydrogens (tertiary/aromatic N) is 2. The molecule has 0 aliphatic rings. The van der Waals surface area contributed by atoms with E-state index in [1.165, 1.54) is 4.88 Å². The summed E-state index contributed by atoms with van der Waals surface area (Å²) in [4.78, 5) is 10.7. The molecule has 0 saturated carbocycles. The van der Waals surface area contributed by atoms with Gasteiger partial charge in [0.1, 0.15) is 5.69 Å². The van der Waals surface area contributed by atoms with Gasteiger partial charge in [-0.3, -0.25) is 0 Å². The van der Waals surface area contributed by atoms with Crippen LogP contribution in [0.1, 0.15) is 22.9 Å². The van der Waals surface area contributed by atoms with Gasteiger partial charge in [0.2, 0.25) is 0 Å². The van der Waals surface area contributed by atoms with Gasteiger partial charge in [0.15, 0.2) is 0 Å². The Hall–Kier alpha value is -1.78. The van der Waals surface area contributed by atoms with Crippen molar-refractivity contribution >= 4 is 22.2 Å². The van der Waals surface area contributed by atoms with Crippen LogP contribution in [0.25, 0.3) is 22.3 Å². The molecule has 3 aromatic rings. The lowest BCUT2D eigenvalue weighted by molar-refractivity contribution is 0.664. The number of thiazole rings is 1. The van der Waals surface area contributed by atoms with Crippen molar-refractivity contribution in [2.75, 3.05) is 7.05 Å². The normalized spacial score (nSPS) is 12.8. The highest BCUT2D eigenvalue weighted by Crippen LogP contribution is 2.32. The molecule has 3 rings (SSSR count). The smallest absolute Gasteiger partial charge is 0.105 e. The number of hydrogen-bond acceptors (Lipinski definition) is 4. The summed E-state index contributed by atoms with van der Waals surface area (Å²) in [6.07, 6.45) is 0. The minimum atomic E-state index is 0.282. The van der Waals surface area contributed by atoms with E-state index in [0.717, 1.165) is 27.3 Å². The fraction of sp³-hybridized carbons (Fsp3) is 0.250. The summed E-state index contributed by atoms with van der Waals surface area (Å²) in [6.45, 7) is 4.19. The molecule has 2 aromatic heterocycles. The van der Waals surface area contributed by atoms with Gasteiger partial charge < -0.3 is 5.32 Å². The van der Waals surface area contributed by atoms with Gasteiger partial charge in [-0.15, -0.1) is 11.3 Å². The van der Waals surface area contributed by atoms with E-state index < -0.39 is 0 Å². The fourth-order valence-electron chi connectivity index (χ4n) is 2.25. The van der Waals surface area contributed by atoms with Crippen LogP contribution < -0.4 is 5.32 Å². The van der Waals surface area contributed by atoms with Crippen molar-refractivity contribution in [3.05, 3.63) is 46.3 Å². The molecule has 3 nitrogen and oxygen atoms in total. The maximum absolute atomic E-state index is 4.75. The standard InChI is InChI=1S/C16H17N3S/c1-10(17-3)16-15(18-11(2)20-16)14-9-8-12-6-4-5-7-13(12)19-14/h4-10,17H,1-3H3. The van der Waals surface area contributed by atoms with Gasteiger partial charge in [-0.1, -0.05) is 24.3 Å². The van der Waals surface area contributed by atoms with Crippen LogP contribution in [0.5, 0.6) is 0 Å². The van der Waals surface area contributed by atoms with E-state index in [2.05, 4.69) is 35.4 Å². The van der Waals surface area contributed by atoms with E-state index in [1.54, 1.807) is 11.3 Å². The van der Waals surface area contributed by atoms with Crippen LogP contribution in [0.2, 0.25) is 0 Å². The molecule has 0 bridgehead atoms. The summed E-state index contributed by atoms with van der Waals surface area (Å²) in [7, 11) is 1.97. The van der Waals surface area contributed by atoms with Crippen LogP contribution in [-0.4, -0.2) is 17.0 Å². The van der Waals surface area contributed by atoms with Crippen LogP contribution in [0.15, 0.2) is 36.4 Å². The lowest BCUT2D eigenvalue weighted by Gasteiger charge is -2.10. The summed E-state index contributed by atoms with van der Waals surface area (Å²) in [6, 6.07) is 12.6. The molecule has 0 saturated heterocycles. The zero-order valence-electron chi connectivity index (χ0n) is 11.8. The molecule has 1 aromatic carbocycles. The Labute approximate surface area is 122 Å².